The first-order valence-corrected chi connectivity index (χ1v) is 8.53. The minimum atomic E-state index is -0.367. The molecule has 0 aliphatic heterocycles. The molecule has 1 aromatic carbocycles. The molecule has 2 aromatic heterocycles. The average Bonchev–Trinajstić information content (AvgIpc) is 3.23. The Balaban J connectivity index is 1.71. The molecule has 3 rings (SSSR count). The average molecular weight is 356 g/mol. The summed E-state index contributed by atoms with van der Waals surface area (Å²) in [4.78, 5) is 12.8. The van der Waals surface area contributed by atoms with Crippen molar-refractivity contribution in [3.63, 3.8) is 0 Å². The van der Waals surface area contributed by atoms with E-state index in [9.17, 15) is 10.1 Å². The molecule has 0 atom stereocenters. The fourth-order valence-corrected chi connectivity index (χ4v) is 2.90. The Morgan fingerprint density at radius 1 is 0.962 bits per heavy atom. The Bertz CT molecular complexity index is 824. The first-order chi connectivity index (χ1) is 12.5. The summed E-state index contributed by atoms with van der Waals surface area (Å²) in [6.07, 6.45) is 12.2. The Kier molecular flexibility index (Phi) is 5.31. The monoisotopic (exact) mass is 356 g/mol. The SMILES string of the molecule is C[n+]1ccn(CCN(CCn2cc[n+](C)c2)c2ccc([N+](=O)[O-])cc2)c1. The summed E-state index contributed by atoms with van der Waals surface area (Å²) in [6, 6.07) is 6.77. The maximum atomic E-state index is 10.9. The molecule has 0 saturated carbocycles. The highest BCUT2D eigenvalue weighted by molar-refractivity contribution is 5.50. The molecule has 26 heavy (non-hydrogen) atoms. The van der Waals surface area contributed by atoms with Crippen LogP contribution in [0.5, 0.6) is 0 Å². The second-order valence-corrected chi connectivity index (χ2v) is 6.39. The third kappa shape index (κ3) is 4.47. The van der Waals surface area contributed by atoms with Crippen LogP contribution in [0.2, 0.25) is 0 Å². The van der Waals surface area contributed by atoms with Gasteiger partial charge in [0.15, 0.2) is 0 Å². The van der Waals surface area contributed by atoms with Crippen LogP contribution in [-0.4, -0.2) is 27.1 Å². The van der Waals surface area contributed by atoms with E-state index in [1.165, 1.54) is 0 Å². The quantitative estimate of drug-likeness (QED) is 0.344. The van der Waals surface area contributed by atoms with Crippen LogP contribution in [0.1, 0.15) is 0 Å². The molecule has 0 aliphatic carbocycles. The maximum Gasteiger partial charge on any atom is 0.269 e. The van der Waals surface area contributed by atoms with Crippen molar-refractivity contribution in [2.45, 2.75) is 13.1 Å². The smallest absolute Gasteiger partial charge is 0.269 e. The van der Waals surface area contributed by atoms with Gasteiger partial charge in [-0.2, -0.15) is 0 Å². The first kappa shape index (κ1) is 17.7. The molecular weight excluding hydrogens is 332 g/mol. The molecule has 0 spiro atoms. The van der Waals surface area contributed by atoms with Crippen LogP contribution in [0.15, 0.2) is 61.7 Å². The van der Waals surface area contributed by atoms with Crippen molar-refractivity contribution in [2.75, 3.05) is 18.0 Å². The van der Waals surface area contributed by atoms with Crippen molar-refractivity contribution in [1.29, 1.82) is 0 Å². The molecule has 0 saturated heterocycles. The topological polar surface area (TPSA) is 64.0 Å². The standard InChI is InChI=1S/C18H24N6O2/c1-19-7-9-21(15-19)11-13-23(14-12-22-10-8-20(2)16-22)17-3-5-18(6-4-17)24(25)26/h3-10,15-16H,11-14H2,1-2H3/q+2. The van der Waals surface area contributed by atoms with E-state index in [1.807, 2.05) is 72.8 Å². The minimum Gasteiger partial charge on any atom is -0.364 e. The number of anilines is 1. The number of rotatable bonds is 8. The normalized spacial score (nSPS) is 10.8. The second kappa shape index (κ2) is 7.81. The van der Waals surface area contributed by atoms with E-state index in [-0.39, 0.29) is 10.6 Å². The van der Waals surface area contributed by atoms with Crippen molar-refractivity contribution in [1.82, 2.24) is 9.13 Å². The van der Waals surface area contributed by atoms with E-state index in [1.54, 1.807) is 12.1 Å². The Labute approximate surface area is 152 Å². The van der Waals surface area contributed by atoms with E-state index in [0.717, 1.165) is 31.9 Å². The zero-order valence-corrected chi connectivity index (χ0v) is 15.1. The molecule has 0 fully saturated rings. The Hall–Kier alpha value is -3.16. The van der Waals surface area contributed by atoms with Gasteiger partial charge in [0.25, 0.3) is 5.69 Å². The molecule has 136 valence electrons. The Morgan fingerprint density at radius 3 is 1.85 bits per heavy atom. The highest BCUT2D eigenvalue weighted by atomic mass is 16.6. The van der Waals surface area contributed by atoms with Crippen LogP contribution in [-0.2, 0) is 27.2 Å². The molecule has 3 aromatic rings. The largest absolute Gasteiger partial charge is 0.364 e. The van der Waals surface area contributed by atoms with Crippen molar-refractivity contribution >= 4 is 11.4 Å². The first-order valence-electron chi connectivity index (χ1n) is 8.53. The summed E-state index contributed by atoms with van der Waals surface area (Å²) in [5, 5.41) is 10.9. The molecule has 0 aliphatic rings. The number of hydrogen-bond acceptors (Lipinski definition) is 3. The van der Waals surface area contributed by atoms with Gasteiger partial charge in [0.05, 0.1) is 32.1 Å². The summed E-state index contributed by atoms with van der Waals surface area (Å²) in [6.45, 7) is 3.33. The lowest BCUT2D eigenvalue weighted by atomic mass is 10.2. The molecule has 0 bridgehead atoms. The number of imidazole rings is 2. The highest BCUT2D eigenvalue weighted by Gasteiger charge is 2.13. The number of nitro benzene ring substituents is 1. The van der Waals surface area contributed by atoms with Crippen LogP contribution < -0.4 is 14.0 Å². The van der Waals surface area contributed by atoms with Gasteiger partial charge in [-0.15, -0.1) is 0 Å². The summed E-state index contributed by atoms with van der Waals surface area (Å²) >= 11 is 0. The van der Waals surface area contributed by atoms with E-state index in [4.69, 9.17) is 0 Å². The lowest BCUT2D eigenvalue weighted by Gasteiger charge is -2.23. The molecule has 0 N–H and O–H groups in total. The van der Waals surface area contributed by atoms with Crippen molar-refractivity contribution < 1.29 is 14.1 Å². The van der Waals surface area contributed by atoms with E-state index in [2.05, 4.69) is 14.0 Å². The summed E-state index contributed by atoms with van der Waals surface area (Å²) < 4.78 is 8.29. The fraction of sp³-hybridized carbons (Fsp3) is 0.333. The van der Waals surface area contributed by atoms with E-state index in [0.29, 0.717) is 0 Å². The number of non-ortho nitro benzene ring substituents is 1. The predicted octanol–water partition coefficient (Wildman–Crippen LogP) is 1.05. The zero-order valence-electron chi connectivity index (χ0n) is 15.1. The summed E-state index contributed by atoms with van der Waals surface area (Å²) in [5.74, 6) is 0. The predicted molar refractivity (Wildman–Crippen MR) is 96.5 cm³/mol. The van der Waals surface area contributed by atoms with Gasteiger partial charge in [-0.3, -0.25) is 10.1 Å². The molecule has 8 nitrogen and oxygen atoms in total. The van der Waals surface area contributed by atoms with Gasteiger partial charge in [-0.05, 0) is 12.1 Å². The van der Waals surface area contributed by atoms with Crippen LogP contribution >= 0.6 is 0 Å². The Morgan fingerprint density at radius 2 is 1.46 bits per heavy atom. The van der Waals surface area contributed by atoms with Gasteiger partial charge in [-0.25, -0.2) is 18.3 Å². The third-order valence-electron chi connectivity index (χ3n) is 4.33. The molecular formula is C18H24N6O2+2. The molecule has 0 unspecified atom stereocenters. The number of nitrogens with zero attached hydrogens (tertiary/aromatic N) is 6. The maximum absolute atomic E-state index is 10.9. The lowest BCUT2D eigenvalue weighted by Crippen LogP contribution is -2.31. The minimum absolute atomic E-state index is 0.114. The van der Waals surface area contributed by atoms with Gasteiger partial charge in [0.1, 0.15) is 37.9 Å². The van der Waals surface area contributed by atoms with E-state index >= 15 is 0 Å². The van der Waals surface area contributed by atoms with E-state index < -0.39 is 0 Å². The van der Waals surface area contributed by atoms with Gasteiger partial charge >= 0.3 is 0 Å². The lowest BCUT2D eigenvalue weighted by molar-refractivity contribution is -0.671. The number of aromatic nitrogens is 4. The van der Waals surface area contributed by atoms with Crippen LogP contribution in [0.25, 0.3) is 0 Å². The third-order valence-corrected chi connectivity index (χ3v) is 4.33. The highest BCUT2D eigenvalue weighted by Crippen LogP contribution is 2.19. The molecule has 8 heteroatoms. The zero-order chi connectivity index (χ0) is 18.5. The number of aryl methyl sites for hydroxylation is 2. The number of hydrogen-bond donors (Lipinski definition) is 0. The summed E-state index contributed by atoms with van der Waals surface area (Å²) in [5.41, 5.74) is 1.10. The van der Waals surface area contributed by atoms with Crippen LogP contribution in [0.4, 0.5) is 11.4 Å². The molecule has 0 radical (unpaired) electrons. The fourth-order valence-electron chi connectivity index (χ4n) is 2.90. The van der Waals surface area contributed by atoms with Gasteiger partial charge in [0.2, 0.25) is 12.7 Å². The summed E-state index contributed by atoms with van der Waals surface area (Å²) in [7, 11) is 3.99. The second-order valence-electron chi connectivity index (χ2n) is 6.39. The molecule has 2 heterocycles. The van der Waals surface area contributed by atoms with Crippen molar-refractivity contribution in [3.05, 3.63) is 71.8 Å². The van der Waals surface area contributed by atoms with Crippen molar-refractivity contribution in [2.24, 2.45) is 14.1 Å². The number of nitro groups is 1. The molecule has 0 amide bonds. The van der Waals surface area contributed by atoms with Gasteiger partial charge in [0, 0.05) is 17.8 Å². The van der Waals surface area contributed by atoms with Gasteiger partial charge in [-0.1, -0.05) is 0 Å². The van der Waals surface area contributed by atoms with Crippen LogP contribution in [0.3, 0.4) is 0 Å². The van der Waals surface area contributed by atoms with Crippen LogP contribution in [0, 0.1) is 10.1 Å². The van der Waals surface area contributed by atoms with Gasteiger partial charge < -0.3 is 4.90 Å². The van der Waals surface area contributed by atoms with Crippen molar-refractivity contribution in [3.8, 4) is 0 Å². The number of benzene rings is 1.